The lowest BCUT2D eigenvalue weighted by Gasteiger charge is -2.00. The molecule has 2 nitrogen and oxygen atoms in total. The highest BCUT2D eigenvalue weighted by Gasteiger charge is 2.39. The van der Waals surface area contributed by atoms with Gasteiger partial charge in [0.1, 0.15) is 0 Å². The Hall–Kier alpha value is -0.0800. The Labute approximate surface area is 85.4 Å². The van der Waals surface area contributed by atoms with Crippen molar-refractivity contribution in [2.24, 2.45) is 0 Å². The molecule has 1 saturated carbocycles. The third-order valence-electron chi connectivity index (χ3n) is 2.14. The maximum Gasteiger partial charge on any atom is 0.0841 e. The summed E-state index contributed by atoms with van der Waals surface area (Å²) in [5, 5.41) is 0. The van der Waals surface area contributed by atoms with Crippen LogP contribution < -0.4 is 0 Å². The van der Waals surface area contributed by atoms with Gasteiger partial charge in [-0.25, -0.2) is 0 Å². The van der Waals surface area contributed by atoms with E-state index >= 15 is 0 Å². The predicted molar refractivity (Wildman–Crippen MR) is 56.0 cm³/mol. The molecule has 1 aliphatic carbocycles. The lowest BCUT2D eigenvalue weighted by molar-refractivity contribution is 0.373. The van der Waals surface area contributed by atoms with Crippen LogP contribution in [0.2, 0.25) is 0 Å². The van der Waals surface area contributed by atoms with Crippen molar-refractivity contribution in [3.8, 4) is 0 Å². The van der Waals surface area contributed by atoms with Crippen molar-refractivity contribution in [1.29, 1.82) is 0 Å². The van der Waals surface area contributed by atoms with Crippen LogP contribution in [0.1, 0.15) is 50.2 Å². The van der Waals surface area contributed by atoms with E-state index in [2.05, 4.69) is 4.74 Å². The number of ether oxygens (including phenoxy) is 2. The highest BCUT2D eigenvalue weighted by molar-refractivity contribution is 4.87. The molecule has 0 N–H and O–H groups in total. The molecule has 2 saturated heterocycles. The summed E-state index contributed by atoms with van der Waals surface area (Å²) in [5.74, 6) is 0. The Kier molecular flexibility index (Phi) is 4.09. The summed E-state index contributed by atoms with van der Waals surface area (Å²) in [4.78, 5) is 0. The van der Waals surface area contributed by atoms with Crippen LogP contribution in [0.25, 0.3) is 0 Å². The molecular formula is C11H24O2. The van der Waals surface area contributed by atoms with Crippen molar-refractivity contribution in [3.05, 3.63) is 0 Å². The molecule has 4 atom stereocenters. The molecule has 0 radical (unpaired) electrons. The van der Waals surface area contributed by atoms with Crippen LogP contribution >= 0.6 is 0 Å². The van der Waals surface area contributed by atoms with Gasteiger partial charge in [-0.1, -0.05) is 27.7 Å². The molecule has 0 amide bonds. The third kappa shape index (κ3) is 4.63. The van der Waals surface area contributed by atoms with E-state index in [1.165, 1.54) is 0 Å². The number of hydrogen-bond acceptors (Lipinski definition) is 2. The molecule has 3 rings (SSSR count). The molecule has 4 unspecified atom stereocenters. The topological polar surface area (TPSA) is 25.1 Å². The van der Waals surface area contributed by atoms with Crippen LogP contribution in [-0.4, -0.2) is 24.9 Å². The first kappa shape index (κ1) is 9.47. The lowest BCUT2D eigenvalue weighted by atomic mass is 10.0. The average molecular weight is 192 g/mol. The second-order valence-electron chi connectivity index (χ2n) is 3.27. The molecule has 13 heavy (non-hydrogen) atoms. The van der Waals surface area contributed by atoms with Gasteiger partial charge in [-0.05, 0) is 19.7 Å². The maximum atomic E-state index is 7.35. The minimum atomic E-state index is 0. The quantitative estimate of drug-likeness (QED) is 0.551. The van der Waals surface area contributed by atoms with E-state index < -0.39 is 0 Å². The van der Waals surface area contributed by atoms with Gasteiger partial charge >= 0.3 is 0 Å². The van der Waals surface area contributed by atoms with Crippen LogP contribution in [0.15, 0.2) is 0 Å². The number of fused-ring (bicyclic) bond motifs is 1. The van der Waals surface area contributed by atoms with Crippen LogP contribution in [0.3, 0.4) is 0 Å². The summed E-state index contributed by atoms with van der Waals surface area (Å²) >= 11 is 0. The Morgan fingerprint density at radius 2 is 2.00 bits per heavy atom. The van der Waals surface area contributed by atoms with Gasteiger partial charge in [0.2, 0.25) is 0 Å². The van der Waals surface area contributed by atoms with Crippen LogP contribution in [-0.2, 0) is 9.47 Å². The zero-order valence-corrected chi connectivity index (χ0v) is 6.66. The molecule has 80 valence electrons. The first-order valence-electron chi connectivity index (χ1n) is 5.56. The second-order valence-corrected chi connectivity index (χ2v) is 3.27. The standard InChI is InChI=1S/C6H10O.C3H6O.2CH4/c1-2-4-6-5(3-1)7-6;1-3-2-4-3;;/h5-6H,1-4H2;3H,2H2,1H3;2*1H4/i2*1T;;. The van der Waals surface area contributed by atoms with Crippen LogP contribution in [0.5, 0.6) is 0 Å². The highest BCUT2D eigenvalue weighted by Crippen LogP contribution is 2.35. The summed E-state index contributed by atoms with van der Waals surface area (Å²) in [5.41, 5.74) is 0. The van der Waals surface area contributed by atoms with Gasteiger partial charge in [0.15, 0.2) is 0 Å². The van der Waals surface area contributed by atoms with Crippen LogP contribution in [0, 0.1) is 0 Å². The molecule has 2 heterocycles. The normalized spacial score (nSPS) is 45.8. The summed E-state index contributed by atoms with van der Waals surface area (Å²) in [7, 11) is 0. The Bertz CT molecular complexity index is 174. The number of rotatable bonds is 0. The average Bonchev–Trinajstić information content (AvgIpc) is 3.01. The lowest BCUT2D eigenvalue weighted by Crippen LogP contribution is -2.00. The monoisotopic (exact) mass is 192 g/mol. The van der Waals surface area contributed by atoms with Crippen molar-refractivity contribution in [2.45, 2.75) is 65.7 Å². The Morgan fingerprint density at radius 3 is 2.38 bits per heavy atom. The summed E-state index contributed by atoms with van der Waals surface area (Å²) in [6.45, 7) is 1.27. The molecule has 0 spiro atoms. The van der Waals surface area contributed by atoms with E-state index in [0.29, 0.717) is 25.2 Å². The van der Waals surface area contributed by atoms with E-state index in [9.17, 15) is 0 Å². The summed E-state index contributed by atoms with van der Waals surface area (Å²) in [6.07, 6.45) is 4.72. The van der Waals surface area contributed by atoms with Crippen molar-refractivity contribution < 1.29 is 12.2 Å². The molecule has 0 aromatic carbocycles. The fourth-order valence-corrected chi connectivity index (χ4v) is 1.27. The fraction of sp³-hybridized carbons (Fsp3) is 1.00. The minimum absolute atomic E-state index is 0. The summed E-state index contributed by atoms with van der Waals surface area (Å²) < 4.78 is 23.8. The van der Waals surface area contributed by atoms with Crippen molar-refractivity contribution in [1.82, 2.24) is 0 Å². The molecular weight excluding hydrogens is 164 g/mol. The highest BCUT2D eigenvalue weighted by atomic mass is 16.6. The largest absolute Gasteiger partial charge is 0.373 e. The van der Waals surface area contributed by atoms with Gasteiger partial charge in [-0.15, -0.1) is 0 Å². The maximum absolute atomic E-state index is 7.35. The van der Waals surface area contributed by atoms with E-state index in [4.69, 9.17) is 7.48 Å². The van der Waals surface area contributed by atoms with Crippen molar-refractivity contribution in [3.63, 3.8) is 0 Å². The van der Waals surface area contributed by atoms with Gasteiger partial charge in [0.05, 0.1) is 24.9 Å². The van der Waals surface area contributed by atoms with Crippen LogP contribution in [0.4, 0.5) is 0 Å². The zero-order chi connectivity index (χ0) is 9.26. The SMILES string of the molecule is C.C.[3H]C1CCC2OC2C1.[3H]CC1CO1. The van der Waals surface area contributed by atoms with E-state index in [1.807, 2.05) is 0 Å². The van der Waals surface area contributed by atoms with Gasteiger partial charge in [0.25, 0.3) is 0 Å². The molecule has 2 aliphatic heterocycles. The van der Waals surface area contributed by atoms with Crippen molar-refractivity contribution in [2.75, 3.05) is 6.61 Å². The van der Waals surface area contributed by atoms with Gasteiger partial charge in [-0.2, -0.15) is 0 Å². The van der Waals surface area contributed by atoms with E-state index in [1.54, 1.807) is 0 Å². The molecule has 0 aromatic heterocycles. The van der Waals surface area contributed by atoms with Gasteiger partial charge in [0, 0.05) is 2.74 Å². The Morgan fingerprint density at radius 1 is 1.31 bits per heavy atom. The van der Waals surface area contributed by atoms with E-state index in [0.717, 1.165) is 25.9 Å². The molecule has 3 fully saturated rings. The van der Waals surface area contributed by atoms with Gasteiger partial charge < -0.3 is 9.47 Å². The fourth-order valence-electron chi connectivity index (χ4n) is 1.27. The third-order valence-corrected chi connectivity index (χ3v) is 2.14. The molecule has 0 bridgehead atoms. The number of epoxide rings is 2. The molecule has 3 aliphatic rings. The van der Waals surface area contributed by atoms with E-state index in [-0.39, 0.29) is 21.3 Å². The Balaban J connectivity index is 0.000000250. The molecule has 0 aromatic rings. The number of hydrogen-bond donors (Lipinski definition) is 0. The molecule has 2 heteroatoms. The minimum Gasteiger partial charge on any atom is -0.373 e. The predicted octanol–water partition coefficient (Wildman–Crippen LogP) is 3.01. The smallest absolute Gasteiger partial charge is 0.0841 e. The zero-order valence-electron chi connectivity index (χ0n) is 8.66. The first-order valence-corrected chi connectivity index (χ1v) is 4.28. The van der Waals surface area contributed by atoms with Gasteiger partial charge in [-0.3, -0.25) is 0 Å². The van der Waals surface area contributed by atoms with Crippen molar-refractivity contribution >= 4 is 0 Å². The summed E-state index contributed by atoms with van der Waals surface area (Å²) in [6, 6.07) is 0. The second kappa shape index (κ2) is 5.61. The first-order chi connectivity index (χ1) is 6.29.